The molecule has 0 N–H and O–H groups in total. The molecule has 1 aliphatic rings. The molecule has 34 heavy (non-hydrogen) atoms. The standard InChI is InChI=1S/C28H36N2O4/c1-4-16-33-22-11-9-21(10-12-22)24-19-26(34-17-15-30-13-7-5-6-8-14-30)23-18-27(31-2)28(32-3)20-25(23)29-24/h9-12,18-20H,4-8,13-17H2,1-3H3. The van der Waals surface area contributed by atoms with Crippen molar-refractivity contribution in [1.82, 2.24) is 9.88 Å². The fourth-order valence-corrected chi connectivity index (χ4v) is 4.38. The molecule has 4 rings (SSSR count). The van der Waals surface area contributed by atoms with Crippen LogP contribution in [0, 0.1) is 0 Å². The summed E-state index contributed by atoms with van der Waals surface area (Å²) in [5.41, 5.74) is 2.68. The van der Waals surface area contributed by atoms with Crippen molar-refractivity contribution >= 4 is 10.9 Å². The molecule has 0 atom stereocenters. The number of pyridine rings is 1. The molecule has 0 amide bonds. The van der Waals surface area contributed by atoms with Gasteiger partial charge in [-0.1, -0.05) is 19.8 Å². The number of hydrogen-bond acceptors (Lipinski definition) is 6. The monoisotopic (exact) mass is 464 g/mol. The van der Waals surface area contributed by atoms with Gasteiger partial charge < -0.3 is 18.9 Å². The van der Waals surface area contributed by atoms with Gasteiger partial charge in [-0.25, -0.2) is 4.98 Å². The molecule has 182 valence electrons. The van der Waals surface area contributed by atoms with E-state index in [2.05, 4.69) is 11.8 Å². The molecule has 1 saturated heterocycles. The van der Waals surface area contributed by atoms with Gasteiger partial charge in [-0.15, -0.1) is 0 Å². The van der Waals surface area contributed by atoms with E-state index in [9.17, 15) is 0 Å². The van der Waals surface area contributed by atoms with Crippen LogP contribution < -0.4 is 18.9 Å². The topological polar surface area (TPSA) is 53.1 Å². The molecule has 6 heteroatoms. The maximum absolute atomic E-state index is 6.37. The summed E-state index contributed by atoms with van der Waals surface area (Å²) in [7, 11) is 3.29. The van der Waals surface area contributed by atoms with Crippen LogP contribution in [0.2, 0.25) is 0 Å². The summed E-state index contributed by atoms with van der Waals surface area (Å²) < 4.78 is 23.2. The Kier molecular flexibility index (Phi) is 8.47. The lowest BCUT2D eigenvalue weighted by molar-refractivity contribution is 0.215. The lowest BCUT2D eigenvalue weighted by Crippen LogP contribution is -2.29. The fraction of sp³-hybridized carbons (Fsp3) is 0.464. The van der Waals surface area contributed by atoms with E-state index >= 15 is 0 Å². The van der Waals surface area contributed by atoms with Gasteiger partial charge in [-0.2, -0.15) is 0 Å². The van der Waals surface area contributed by atoms with Gasteiger partial charge in [-0.3, -0.25) is 4.90 Å². The lowest BCUT2D eigenvalue weighted by atomic mass is 10.1. The molecule has 0 spiro atoms. The van der Waals surface area contributed by atoms with E-state index in [1.807, 2.05) is 42.5 Å². The molecule has 1 fully saturated rings. The minimum Gasteiger partial charge on any atom is -0.494 e. The summed E-state index contributed by atoms with van der Waals surface area (Å²) >= 11 is 0. The van der Waals surface area contributed by atoms with Crippen LogP contribution in [0.25, 0.3) is 22.2 Å². The first-order valence-corrected chi connectivity index (χ1v) is 12.4. The molecule has 2 heterocycles. The summed E-state index contributed by atoms with van der Waals surface area (Å²) in [5.74, 6) is 2.99. The van der Waals surface area contributed by atoms with E-state index in [1.165, 1.54) is 25.7 Å². The Balaban J connectivity index is 1.63. The number of ether oxygens (including phenoxy) is 4. The Morgan fingerprint density at radius 3 is 2.18 bits per heavy atom. The highest BCUT2D eigenvalue weighted by atomic mass is 16.5. The second-order valence-electron chi connectivity index (χ2n) is 8.71. The number of hydrogen-bond donors (Lipinski definition) is 0. The molecular weight excluding hydrogens is 428 g/mol. The molecule has 0 unspecified atom stereocenters. The van der Waals surface area contributed by atoms with Gasteiger partial charge in [0.1, 0.15) is 18.1 Å². The Morgan fingerprint density at radius 1 is 0.794 bits per heavy atom. The third kappa shape index (κ3) is 5.92. The van der Waals surface area contributed by atoms with E-state index in [0.717, 1.165) is 59.7 Å². The lowest BCUT2D eigenvalue weighted by Gasteiger charge is -2.20. The van der Waals surface area contributed by atoms with E-state index in [0.29, 0.717) is 24.7 Å². The molecule has 0 aliphatic carbocycles. The van der Waals surface area contributed by atoms with Crippen molar-refractivity contribution in [3.05, 3.63) is 42.5 Å². The van der Waals surface area contributed by atoms with Crippen molar-refractivity contribution in [3.8, 4) is 34.3 Å². The number of benzene rings is 2. The first-order valence-electron chi connectivity index (χ1n) is 12.4. The van der Waals surface area contributed by atoms with Crippen LogP contribution in [-0.4, -0.2) is 57.0 Å². The van der Waals surface area contributed by atoms with Gasteiger partial charge >= 0.3 is 0 Å². The highest BCUT2D eigenvalue weighted by Crippen LogP contribution is 2.38. The van der Waals surface area contributed by atoms with Crippen molar-refractivity contribution in [3.63, 3.8) is 0 Å². The van der Waals surface area contributed by atoms with E-state index in [1.54, 1.807) is 14.2 Å². The molecule has 0 saturated carbocycles. The van der Waals surface area contributed by atoms with Crippen molar-refractivity contribution in [2.45, 2.75) is 39.0 Å². The van der Waals surface area contributed by atoms with Crippen LogP contribution in [-0.2, 0) is 0 Å². The number of rotatable bonds is 10. The van der Waals surface area contributed by atoms with Crippen molar-refractivity contribution in [2.75, 3.05) is 47.1 Å². The third-order valence-corrected chi connectivity index (χ3v) is 6.26. The van der Waals surface area contributed by atoms with Crippen molar-refractivity contribution < 1.29 is 18.9 Å². The first-order chi connectivity index (χ1) is 16.7. The molecule has 1 aromatic heterocycles. The van der Waals surface area contributed by atoms with E-state index in [-0.39, 0.29) is 0 Å². The second kappa shape index (κ2) is 11.9. The smallest absolute Gasteiger partial charge is 0.162 e. The molecular formula is C28H36N2O4. The summed E-state index contributed by atoms with van der Waals surface area (Å²) in [5, 5.41) is 0.917. The zero-order valence-electron chi connectivity index (χ0n) is 20.6. The summed E-state index contributed by atoms with van der Waals surface area (Å²) in [6.07, 6.45) is 6.20. The zero-order valence-corrected chi connectivity index (χ0v) is 20.6. The van der Waals surface area contributed by atoms with Crippen LogP contribution in [0.15, 0.2) is 42.5 Å². The predicted octanol–water partition coefficient (Wildman–Crippen LogP) is 5.96. The van der Waals surface area contributed by atoms with Crippen LogP contribution >= 0.6 is 0 Å². The molecule has 0 radical (unpaired) electrons. The van der Waals surface area contributed by atoms with Gasteiger partial charge in [-0.05, 0) is 62.7 Å². The average molecular weight is 465 g/mol. The maximum Gasteiger partial charge on any atom is 0.162 e. The molecule has 1 aliphatic heterocycles. The van der Waals surface area contributed by atoms with Crippen molar-refractivity contribution in [2.24, 2.45) is 0 Å². The number of likely N-dealkylation sites (tertiary alicyclic amines) is 1. The quantitative estimate of drug-likeness (QED) is 0.369. The maximum atomic E-state index is 6.37. The van der Waals surface area contributed by atoms with Crippen LogP contribution in [0.3, 0.4) is 0 Å². The van der Waals surface area contributed by atoms with Crippen LogP contribution in [0.4, 0.5) is 0 Å². The Hall–Kier alpha value is -2.99. The van der Waals surface area contributed by atoms with E-state index in [4.69, 9.17) is 23.9 Å². The third-order valence-electron chi connectivity index (χ3n) is 6.26. The number of nitrogens with zero attached hydrogens (tertiary/aromatic N) is 2. The molecule has 2 aromatic carbocycles. The zero-order chi connectivity index (χ0) is 23.8. The minimum atomic E-state index is 0.636. The van der Waals surface area contributed by atoms with Crippen LogP contribution in [0.1, 0.15) is 39.0 Å². The van der Waals surface area contributed by atoms with Gasteiger partial charge in [0.25, 0.3) is 0 Å². The highest BCUT2D eigenvalue weighted by molar-refractivity contribution is 5.90. The average Bonchev–Trinajstić information content (AvgIpc) is 3.15. The van der Waals surface area contributed by atoms with Gasteiger partial charge in [0.2, 0.25) is 0 Å². The van der Waals surface area contributed by atoms with Gasteiger partial charge in [0, 0.05) is 29.6 Å². The van der Waals surface area contributed by atoms with E-state index < -0.39 is 0 Å². The highest BCUT2D eigenvalue weighted by Gasteiger charge is 2.15. The summed E-state index contributed by atoms with van der Waals surface area (Å²) in [4.78, 5) is 7.44. The predicted molar refractivity (Wildman–Crippen MR) is 136 cm³/mol. The van der Waals surface area contributed by atoms with Gasteiger partial charge in [0.05, 0.1) is 32.0 Å². The summed E-state index contributed by atoms with van der Waals surface area (Å²) in [6.45, 7) is 6.69. The fourth-order valence-electron chi connectivity index (χ4n) is 4.38. The molecule has 0 bridgehead atoms. The molecule has 6 nitrogen and oxygen atoms in total. The number of fused-ring (bicyclic) bond motifs is 1. The molecule has 3 aromatic rings. The Morgan fingerprint density at radius 2 is 1.50 bits per heavy atom. The Labute approximate surface area is 202 Å². The Bertz CT molecular complexity index is 1060. The second-order valence-corrected chi connectivity index (χ2v) is 8.71. The number of methoxy groups -OCH3 is 2. The SMILES string of the molecule is CCCOc1ccc(-c2cc(OCCN3CCCCCC3)c3cc(OC)c(OC)cc3n2)cc1. The minimum absolute atomic E-state index is 0.636. The first kappa shape index (κ1) is 24.1. The summed E-state index contributed by atoms with van der Waals surface area (Å²) in [6, 6.07) is 14.0. The van der Waals surface area contributed by atoms with Gasteiger partial charge in [0.15, 0.2) is 11.5 Å². The normalized spacial score (nSPS) is 14.6. The number of aromatic nitrogens is 1. The van der Waals surface area contributed by atoms with Crippen molar-refractivity contribution in [1.29, 1.82) is 0 Å². The van der Waals surface area contributed by atoms with Crippen LogP contribution in [0.5, 0.6) is 23.0 Å². The largest absolute Gasteiger partial charge is 0.494 e.